The molecule has 0 N–H and O–H groups in total. The molecule has 2 amide bonds. The van der Waals surface area contributed by atoms with Gasteiger partial charge in [0.2, 0.25) is 0 Å². The number of amides is 2. The van der Waals surface area contributed by atoms with Crippen molar-refractivity contribution >= 4 is 28.4 Å². The minimum Gasteiger partial charge on any atom is -0.338 e. The third kappa shape index (κ3) is 5.31. The molecule has 1 fully saturated rings. The molecule has 7 nitrogen and oxygen atoms in total. The van der Waals surface area contributed by atoms with E-state index in [1.54, 1.807) is 6.08 Å². The Hall–Kier alpha value is -3.58. The lowest BCUT2D eigenvalue weighted by atomic mass is 9.98. The molecule has 2 aliphatic rings. The van der Waals surface area contributed by atoms with E-state index in [1.165, 1.54) is 0 Å². The lowest BCUT2D eigenvalue weighted by Gasteiger charge is -2.29. The highest BCUT2D eigenvalue weighted by atomic mass is 16.2. The van der Waals surface area contributed by atoms with Crippen LogP contribution >= 0.6 is 0 Å². The highest BCUT2D eigenvalue weighted by Gasteiger charge is 2.29. The van der Waals surface area contributed by atoms with Crippen molar-refractivity contribution in [3.05, 3.63) is 77.8 Å². The number of rotatable bonds is 6. The molecule has 3 heterocycles. The molecule has 1 atom stereocenters. The second kappa shape index (κ2) is 10.6. The fraction of sp³-hybridized carbons (Fsp3) is 0.379. The topological polar surface area (TPSA) is 69.6 Å². The first-order chi connectivity index (χ1) is 17.5. The minimum atomic E-state index is -0.00447. The zero-order valence-electron chi connectivity index (χ0n) is 21.1. The fourth-order valence-corrected chi connectivity index (χ4v) is 5.15. The van der Waals surface area contributed by atoms with Gasteiger partial charge in [0.25, 0.3) is 11.8 Å². The van der Waals surface area contributed by atoms with Crippen LogP contribution in [0.1, 0.15) is 34.6 Å². The van der Waals surface area contributed by atoms with Gasteiger partial charge in [-0.05, 0) is 69.1 Å². The molecule has 0 spiro atoms. The molecule has 0 unspecified atom stereocenters. The van der Waals surface area contributed by atoms with E-state index in [-0.39, 0.29) is 11.8 Å². The molecule has 1 aromatic heterocycles. The van der Waals surface area contributed by atoms with Gasteiger partial charge in [0.15, 0.2) is 0 Å². The van der Waals surface area contributed by atoms with Crippen molar-refractivity contribution in [2.75, 3.05) is 45.2 Å². The smallest absolute Gasteiger partial charge is 0.253 e. The molecule has 0 bridgehead atoms. The summed E-state index contributed by atoms with van der Waals surface area (Å²) in [5, 5.41) is 1.04. The van der Waals surface area contributed by atoms with Crippen LogP contribution in [0.5, 0.6) is 0 Å². The largest absolute Gasteiger partial charge is 0.338 e. The number of aromatic nitrogens is 2. The zero-order chi connectivity index (χ0) is 25.1. The summed E-state index contributed by atoms with van der Waals surface area (Å²) in [4.78, 5) is 41.1. The molecule has 0 saturated carbocycles. The van der Waals surface area contributed by atoms with Gasteiger partial charge in [0.1, 0.15) is 5.82 Å². The summed E-state index contributed by atoms with van der Waals surface area (Å²) >= 11 is 0. The van der Waals surface area contributed by atoms with Crippen LogP contribution in [0.15, 0.2) is 60.8 Å². The number of fused-ring (bicyclic) bond motifs is 2. The molecule has 0 radical (unpaired) electrons. The van der Waals surface area contributed by atoms with Crippen molar-refractivity contribution < 1.29 is 9.59 Å². The maximum Gasteiger partial charge on any atom is 0.253 e. The lowest BCUT2D eigenvalue weighted by Crippen LogP contribution is -2.35. The summed E-state index contributed by atoms with van der Waals surface area (Å²) in [5.41, 5.74) is 3.66. The number of nitrogens with zero attached hydrogens (tertiary/aromatic N) is 5. The predicted octanol–water partition coefficient (Wildman–Crippen LogP) is 3.73. The molecule has 0 aliphatic carbocycles. The number of carbonyl (C=O) groups is 2. The Kier molecular flexibility index (Phi) is 7.09. The number of hydrogen-bond donors (Lipinski definition) is 0. The maximum absolute atomic E-state index is 13.3. The molecule has 3 aromatic rings. The molecule has 36 heavy (non-hydrogen) atoms. The second-order valence-electron chi connectivity index (χ2n) is 10.1. The third-order valence-electron chi connectivity index (χ3n) is 7.03. The molecule has 1 saturated heterocycles. The SMILES string of the molecule is CN(C)C/C=C/C(=O)N1CCCc2cc(C(=O)N3CC[C@@H](Cc4ncc5ccccc5n4)C3)ccc21. The van der Waals surface area contributed by atoms with Gasteiger partial charge in [-0.2, -0.15) is 0 Å². The van der Waals surface area contributed by atoms with E-state index < -0.39 is 0 Å². The number of carbonyl (C=O) groups excluding carboxylic acids is 2. The van der Waals surface area contributed by atoms with Crippen molar-refractivity contribution in [2.24, 2.45) is 5.92 Å². The van der Waals surface area contributed by atoms with E-state index in [1.807, 2.05) is 83.5 Å². The predicted molar refractivity (Wildman–Crippen MR) is 142 cm³/mol. The first kappa shape index (κ1) is 24.1. The number of anilines is 1. The van der Waals surface area contributed by atoms with E-state index in [0.29, 0.717) is 24.6 Å². The van der Waals surface area contributed by atoms with Crippen molar-refractivity contribution in [1.29, 1.82) is 0 Å². The van der Waals surface area contributed by atoms with Crippen molar-refractivity contribution in [2.45, 2.75) is 25.7 Å². The lowest BCUT2D eigenvalue weighted by molar-refractivity contribution is -0.114. The average Bonchev–Trinajstić information content (AvgIpc) is 3.35. The number of hydrogen-bond acceptors (Lipinski definition) is 5. The van der Waals surface area contributed by atoms with Gasteiger partial charge in [0, 0.05) is 61.5 Å². The quantitative estimate of drug-likeness (QED) is 0.500. The van der Waals surface area contributed by atoms with Crippen LogP contribution in [0.25, 0.3) is 10.9 Å². The molecular weight excluding hydrogens is 450 g/mol. The number of para-hydroxylation sites is 1. The summed E-state index contributed by atoms with van der Waals surface area (Å²) in [6.07, 6.45) is 8.93. The Morgan fingerprint density at radius 3 is 2.86 bits per heavy atom. The van der Waals surface area contributed by atoms with E-state index in [9.17, 15) is 9.59 Å². The highest BCUT2D eigenvalue weighted by molar-refractivity contribution is 6.03. The number of aryl methyl sites for hydroxylation is 1. The Morgan fingerprint density at radius 2 is 2.00 bits per heavy atom. The molecule has 7 heteroatoms. The summed E-state index contributed by atoms with van der Waals surface area (Å²) in [5.74, 6) is 1.25. The van der Waals surface area contributed by atoms with Crippen LogP contribution in [0.3, 0.4) is 0 Å². The maximum atomic E-state index is 13.3. The van der Waals surface area contributed by atoms with E-state index in [0.717, 1.165) is 66.8 Å². The van der Waals surface area contributed by atoms with Crippen LogP contribution in [0, 0.1) is 5.92 Å². The third-order valence-corrected chi connectivity index (χ3v) is 7.03. The first-order valence-electron chi connectivity index (χ1n) is 12.7. The van der Waals surface area contributed by atoms with Gasteiger partial charge >= 0.3 is 0 Å². The zero-order valence-corrected chi connectivity index (χ0v) is 21.1. The number of likely N-dealkylation sites (tertiary alicyclic amines) is 1. The highest BCUT2D eigenvalue weighted by Crippen LogP contribution is 2.30. The van der Waals surface area contributed by atoms with Crippen LogP contribution in [0.2, 0.25) is 0 Å². The normalized spacial score (nSPS) is 17.8. The summed E-state index contributed by atoms with van der Waals surface area (Å²) in [7, 11) is 3.95. The molecule has 2 aliphatic heterocycles. The van der Waals surface area contributed by atoms with Gasteiger partial charge < -0.3 is 14.7 Å². The van der Waals surface area contributed by atoms with Crippen molar-refractivity contribution in [3.8, 4) is 0 Å². The van der Waals surface area contributed by atoms with Crippen molar-refractivity contribution in [3.63, 3.8) is 0 Å². The average molecular weight is 484 g/mol. The molecule has 186 valence electrons. The van der Waals surface area contributed by atoms with Gasteiger partial charge in [0.05, 0.1) is 5.52 Å². The summed E-state index contributed by atoms with van der Waals surface area (Å²) in [6, 6.07) is 13.8. The Labute approximate surface area is 212 Å². The van der Waals surface area contributed by atoms with E-state index >= 15 is 0 Å². The van der Waals surface area contributed by atoms with Crippen LogP contribution in [-0.4, -0.2) is 71.9 Å². The minimum absolute atomic E-state index is 0.00447. The van der Waals surface area contributed by atoms with Crippen LogP contribution in [-0.2, 0) is 17.6 Å². The Morgan fingerprint density at radius 1 is 1.14 bits per heavy atom. The Balaban J connectivity index is 1.24. The van der Waals surface area contributed by atoms with E-state index in [4.69, 9.17) is 4.98 Å². The Bertz CT molecular complexity index is 1300. The van der Waals surface area contributed by atoms with Gasteiger partial charge in [-0.15, -0.1) is 0 Å². The summed E-state index contributed by atoms with van der Waals surface area (Å²) < 4.78 is 0. The number of likely N-dealkylation sites (N-methyl/N-ethyl adjacent to an activating group) is 1. The standard InChI is InChI=1S/C29H33N5O2/c1-32(2)14-6-10-28(35)34-15-5-8-22-18-23(11-12-26(22)34)29(36)33-16-13-21(20-33)17-27-30-19-24-7-3-4-9-25(24)31-27/h3-4,6-7,9-12,18-19,21H,5,8,13-17,20H2,1-2H3/b10-6+/t21-/m0/s1. The first-order valence-corrected chi connectivity index (χ1v) is 12.7. The van der Waals surface area contributed by atoms with E-state index in [2.05, 4.69) is 4.98 Å². The monoisotopic (exact) mass is 483 g/mol. The second-order valence-corrected chi connectivity index (χ2v) is 10.1. The van der Waals surface area contributed by atoms with Crippen molar-refractivity contribution in [1.82, 2.24) is 19.8 Å². The fourth-order valence-electron chi connectivity index (χ4n) is 5.15. The van der Waals surface area contributed by atoms with Gasteiger partial charge in [-0.3, -0.25) is 9.59 Å². The summed E-state index contributed by atoms with van der Waals surface area (Å²) in [6.45, 7) is 2.89. The van der Waals surface area contributed by atoms with Crippen LogP contribution < -0.4 is 4.90 Å². The van der Waals surface area contributed by atoms with Gasteiger partial charge in [-0.25, -0.2) is 9.97 Å². The molecule has 2 aromatic carbocycles. The molecular formula is C29H33N5O2. The van der Waals surface area contributed by atoms with Gasteiger partial charge in [-0.1, -0.05) is 24.3 Å². The molecule has 5 rings (SSSR count). The number of benzene rings is 2. The van der Waals surface area contributed by atoms with Crippen LogP contribution in [0.4, 0.5) is 5.69 Å².